The topological polar surface area (TPSA) is 47.4 Å². The van der Waals surface area contributed by atoms with Crippen LogP contribution in [0.4, 0.5) is 4.79 Å². The van der Waals surface area contributed by atoms with Crippen molar-refractivity contribution in [2.75, 3.05) is 6.54 Å². The molecule has 2 heterocycles. The number of amides is 1. The molecule has 1 aliphatic rings. The standard InChI is InChI=1S/C20H26ClN3O2/c1-14(2)12-24-19(21)18(15(3)22-24)17-10-7-11-23(17)20(25)26-13-16-8-5-4-6-9-16/h4-6,8-9,14,17H,7,10-13H2,1-3H3. The number of nitrogens with zero attached hydrogens (tertiary/aromatic N) is 3. The van der Waals surface area contributed by atoms with Gasteiger partial charge in [-0.25, -0.2) is 4.79 Å². The lowest BCUT2D eigenvalue weighted by atomic mass is 10.1. The maximum atomic E-state index is 12.6. The van der Waals surface area contributed by atoms with Gasteiger partial charge in [-0.2, -0.15) is 5.10 Å². The van der Waals surface area contributed by atoms with Crippen molar-refractivity contribution in [1.82, 2.24) is 14.7 Å². The van der Waals surface area contributed by atoms with Gasteiger partial charge in [-0.3, -0.25) is 4.68 Å². The first-order valence-corrected chi connectivity index (χ1v) is 9.55. The average molecular weight is 376 g/mol. The lowest BCUT2D eigenvalue weighted by Crippen LogP contribution is -2.31. The average Bonchev–Trinajstić information content (AvgIpc) is 3.18. The molecule has 0 spiro atoms. The van der Waals surface area contributed by atoms with Gasteiger partial charge in [0.2, 0.25) is 0 Å². The van der Waals surface area contributed by atoms with E-state index in [9.17, 15) is 4.79 Å². The Bertz CT molecular complexity index is 758. The minimum atomic E-state index is -0.288. The molecule has 0 radical (unpaired) electrons. The molecule has 0 bridgehead atoms. The van der Waals surface area contributed by atoms with Gasteiger partial charge in [0.05, 0.1) is 11.7 Å². The van der Waals surface area contributed by atoms with E-state index in [2.05, 4.69) is 18.9 Å². The highest BCUT2D eigenvalue weighted by Crippen LogP contribution is 2.38. The molecule has 1 aromatic carbocycles. The minimum Gasteiger partial charge on any atom is -0.445 e. The van der Waals surface area contributed by atoms with Crippen molar-refractivity contribution < 1.29 is 9.53 Å². The van der Waals surface area contributed by atoms with Crippen LogP contribution in [-0.2, 0) is 17.9 Å². The van der Waals surface area contributed by atoms with Crippen LogP contribution in [-0.4, -0.2) is 27.3 Å². The van der Waals surface area contributed by atoms with Crippen molar-refractivity contribution in [3.05, 3.63) is 52.3 Å². The van der Waals surface area contributed by atoms with Crippen LogP contribution in [0.2, 0.25) is 5.15 Å². The van der Waals surface area contributed by atoms with Gasteiger partial charge in [0.1, 0.15) is 11.8 Å². The summed E-state index contributed by atoms with van der Waals surface area (Å²) in [6.07, 6.45) is 1.54. The summed E-state index contributed by atoms with van der Waals surface area (Å²) in [5.74, 6) is 0.454. The van der Waals surface area contributed by atoms with Crippen LogP contribution in [0.15, 0.2) is 30.3 Å². The molecule has 1 aromatic heterocycles. The molecule has 5 nitrogen and oxygen atoms in total. The fourth-order valence-corrected chi connectivity index (χ4v) is 3.87. The van der Waals surface area contributed by atoms with E-state index in [1.807, 2.05) is 41.9 Å². The Balaban J connectivity index is 1.74. The molecule has 6 heteroatoms. The number of rotatable bonds is 5. The normalized spacial score (nSPS) is 17.1. The zero-order chi connectivity index (χ0) is 18.7. The molecule has 26 heavy (non-hydrogen) atoms. The highest BCUT2D eigenvalue weighted by molar-refractivity contribution is 6.30. The van der Waals surface area contributed by atoms with Crippen molar-refractivity contribution >= 4 is 17.7 Å². The summed E-state index contributed by atoms with van der Waals surface area (Å²) in [5, 5.41) is 5.23. The SMILES string of the molecule is Cc1nn(CC(C)C)c(Cl)c1C1CCCN1C(=O)OCc1ccccc1. The van der Waals surface area contributed by atoms with Crippen LogP contribution in [0.1, 0.15) is 49.6 Å². The number of likely N-dealkylation sites (tertiary alicyclic amines) is 1. The molecule has 140 valence electrons. The van der Waals surface area contributed by atoms with Crippen LogP contribution < -0.4 is 0 Å². The number of halogens is 1. The molecule has 1 fully saturated rings. The molecule has 0 aliphatic carbocycles. The van der Waals surface area contributed by atoms with E-state index in [0.717, 1.165) is 36.2 Å². The Morgan fingerprint density at radius 1 is 1.35 bits per heavy atom. The molecular formula is C20H26ClN3O2. The van der Waals surface area contributed by atoms with Crippen LogP contribution in [0.5, 0.6) is 0 Å². The number of hydrogen-bond acceptors (Lipinski definition) is 3. The molecule has 1 unspecified atom stereocenters. The Kier molecular flexibility index (Phi) is 5.87. The van der Waals surface area contributed by atoms with E-state index in [-0.39, 0.29) is 18.7 Å². The van der Waals surface area contributed by atoms with E-state index in [0.29, 0.717) is 17.6 Å². The summed E-state index contributed by atoms with van der Waals surface area (Å²) in [5.41, 5.74) is 2.83. The van der Waals surface area contributed by atoms with Gasteiger partial charge >= 0.3 is 6.09 Å². The number of aromatic nitrogens is 2. The van der Waals surface area contributed by atoms with Crippen LogP contribution >= 0.6 is 11.6 Å². The summed E-state index contributed by atoms with van der Waals surface area (Å²) in [4.78, 5) is 14.4. The second-order valence-corrected chi connectivity index (χ2v) is 7.62. The highest BCUT2D eigenvalue weighted by atomic mass is 35.5. The third-order valence-corrected chi connectivity index (χ3v) is 5.07. The number of aryl methyl sites for hydroxylation is 1. The van der Waals surface area contributed by atoms with Crippen molar-refractivity contribution in [3.63, 3.8) is 0 Å². The van der Waals surface area contributed by atoms with Gasteiger partial charge in [-0.05, 0) is 31.2 Å². The van der Waals surface area contributed by atoms with Gasteiger partial charge in [-0.15, -0.1) is 0 Å². The van der Waals surface area contributed by atoms with E-state index in [1.54, 1.807) is 4.90 Å². The second-order valence-electron chi connectivity index (χ2n) is 7.26. The predicted octanol–water partition coefficient (Wildman–Crippen LogP) is 4.97. The lowest BCUT2D eigenvalue weighted by molar-refractivity contribution is 0.0920. The van der Waals surface area contributed by atoms with Gasteiger partial charge in [0.25, 0.3) is 0 Å². The lowest BCUT2D eigenvalue weighted by Gasteiger charge is -2.24. The van der Waals surface area contributed by atoms with E-state index >= 15 is 0 Å². The van der Waals surface area contributed by atoms with Gasteiger partial charge in [0.15, 0.2) is 0 Å². The zero-order valence-electron chi connectivity index (χ0n) is 15.6. The summed E-state index contributed by atoms with van der Waals surface area (Å²) >= 11 is 6.62. The van der Waals surface area contributed by atoms with Gasteiger partial charge in [0, 0.05) is 18.7 Å². The number of benzene rings is 1. The highest BCUT2D eigenvalue weighted by Gasteiger charge is 2.35. The maximum Gasteiger partial charge on any atom is 0.410 e. The molecule has 2 aromatic rings. The molecule has 1 atom stereocenters. The summed E-state index contributed by atoms with van der Waals surface area (Å²) < 4.78 is 7.38. The monoisotopic (exact) mass is 375 g/mol. The van der Waals surface area contributed by atoms with Crippen molar-refractivity contribution in [3.8, 4) is 0 Å². The quantitative estimate of drug-likeness (QED) is 0.740. The van der Waals surface area contributed by atoms with Crippen LogP contribution in [0, 0.1) is 12.8 Å². The van der Waals surface area contributed by atoms with E-state index < -0.39 is 0 Å². The minimum absolute atomic E-state index is 0.0633. The van der Waals surface area contributed by atoms with Crippen LogP contribution in [0.3, 0.4) is 0 Å². The molecule has 1 amide bonds. The Labute approximate surface area is 159 Å². The van der Waals surface area contributed by atoms with Gasteiger partial charge < -0.3 is 9.64 Å². The van der Waals surface area contributed by atoms with Crippen molar-refractivity contribution in [1.29, 1.82) is 0 Å². The first-order chi connectivity index (χ1) is 12.5. The van der Waals surface area contributed by atoms with E-state index in [1.165, 1.54) is 0 Å². The summed E-state index contributed by atoms with van der Waals surface area (Å²) in [6.45, 7) is 7.96. The number of hydrogen-bond donors (Lipinski definition) is 0. The summed E-state index contributed by atoms with van der Waals surface area (Å²) in [7, 11) is 0. The Hall–Kier alpha value is -2.01. The number of ether oxygens (including phenoxy) is 1. The molecule has 0 N–H and O–H groups in total. The first kappa shape index (κ1) is 18.8. The molecule has 0 saturated carbocycles. The third kappa shape index (κ3) is 4.04. The molecular weight excluding hydrogens is 350 g/mol. The Morgan fingerprint density at radius 2 is 2.08 bits per heavy atom. The smallest absolute Gasteiger partial charge is 0.410 e. The van der Waals surface area contributed by atoms with E-state index in [4.69, 9.17) is 16.3 Å². The predicted molar refractivity (Wildman–Crippen MR) is 102 cm³/mol. The second kappa shape index (κ2) is 8.12. The largest absolute Gasteiger partial charge is 0.445 e. The molecule has 1 saturated heterocycles. The number of carbonyl (C=O) groups excluding carboxylic acids is 1. The zero-order valence-corrected chi connectivity index (χ0v) is 16.4. The fraction of sp³-hybridized carbons (Fsp3) is 0.500. The first-order valence-electron chi connectivity index (χ1n) is 9.17. The van der Waals surface area contributed by atoms with Crippen molar-refractivity contribution in [2.24, 2.45) is 5.92 Å². The fourth-order valence-electron chi connectivity index (χ4n) is 3.50. The molecule has 3 rings (SSSR count). The maximum absolute atomic E-state index is 12.6. The van der Waals surface area contributed by atoms with Crippen LogP contribution in [0.25, 0.3) is 0 Å². The third-order valence-electron chi connectivity index (χ3n) is 4.67. The molecule has 1 aliphatic heterocycles. The summed E-state index contributed by atoms with van der Waals surface area (Å²) in [6, 6.07) is 9.66. The Morgan fingerprint density at radius 3 is 2.77 bits per heavy atom. The van der Waals surface area contributed by atoms with Gasteiger partial charge in [-0.1, -0.05) is 55.8 Å². The van der Waals surface area contributed by atoms with Crippen molar-refractivity contribution in [2.45, 2.75) is 52.8 Å². The number of carbonyl (C=O) groups is 1.